The number of urea groups is 1. The lowest BCUT2D eigenvalue weighted by Crippen LogP contribution is -2.19. The number of nitrogens with one attached hydrogen (secondary N) is 3. The van der Waals surface area contributed by atoms with E-state index in [0.717, 1.165) is 0 Å². The normalized spacial score (nSPS) is 9.92. The Morgan fingerprint density at radius 1 is 1.04 bits per heavy atom. The summed E-state index contributed by atoms with van der Waals surface area (Å²) in [6, 6.07) is 12.0. The number of nitro benzene ring substituents is 1. The molecule has 0 atom stereocenters. The van der Waals surface area contributed by atoms with Gasteiger partial charge in [-0.1, -0.05) is 18.2 Å². The van der Waals surface area contributed by atoms with Gasteiger partial charge < -0.3 is 21.7 Å². The van der Waals surface area contributed by atoms with Gasteiger partial charge in [-0.2, -0.15) is 0 Å². The SMILES string of the molecule is NC(=O)Nc1cccc(NC(=O)CCNc2ccccc2[N+](=O)[O-])c1. The Hall–Kier alpha value is -3.62. The van der Waals surface area contributed by atoms with Crippen LogP contribution in [0.1, 0.15) is 6.42 Å². The number of carbonyl (C=O) groups is 2. The van der Waals surface area contributed by atoms with E-state index in [-0.39, 0.29) is 24.6 Å². The predicted octanol–water partition coefficient (Wildman–Crippen LogP) is 2.53. The second-order valence-corrected chi connectivity index (χ2v) is 5.07. The molecule has 25 heavy (non-hydrogen) atoms. The molecule has 0 aliphatic rings. The summed E-state index contributed by atoms with van der Waals surface area (Å²) in [7, 11) is 0. The topological polar surface area (TPSA) is 139 Å². The van der Waals surface area contributed by atoms with Gasteiger partial charge in [0, 0.05) is 30.4 Å². The second kappa shape index (κ2) is 8.29. The van der Waals surface area contributed by atoms with Crippen LogP contribution in [0.25, 0.3) is 0 Å². The zero-order valence-electron chi connectivity index (χ0n) is 13.2. The van der Waals surface area contributed by atoms with Crippen molar-refractivity contribution in [1.82, 2.24) is 0 Å². The largest absolute Gasteiger partial charge is 0.379 e. The van der Waals surface area contributed by atoms with Crippen LogP contribution in [0.4, 0.5) is 27.5 Å². The van der Waals surface area contributed by atoms with Crippen molar-refractivity contribution in [1.29, 1.82) is 0 Å². The van der Waals surface area contributed by atoms with Gasteiger partial charge >= 0.3 is 6.03 Å². The van der Waals surface area contributed by atoms with Crippen molar-refractivity contribution in [2.75, 3.05) is 22.5 Å². The monoisotopic (exact) mass is 343 g/mol. The Bertz CT molecular complexity index is 794. The highest BCUT2D eigenvalue weighted by atomic mass is 16.6. The quantitative estimate of drug-likeness (QED) is 0.452. The van der Waals surface area contributed by atoms with E-state index in [4.69, 9.17) is 5.73 Å². The fourth-order valence-corrected chi connectivity index (χ4v) is 2.13. The summed E-state index contributed by atoms with van der Waals surface area (Å²) in [6.45, 7) is 0.232. The second-order valence-electron chi connectivity index (χ2n) is 5.07. The van der Waals surface area contributed by atoms with Gasteiger partial charge in [-0.15, -0.1) is 0 Å². The molecule has 0 spiro atoms. The number of para-hydroxylation sites is 2. The molecule has 0 heterocycles. The lowest BCUT2D eigenvalue weighted by molar-refractivity contribution is -0.384. The standard InChI is InChI=1S/C16H17N5O4/c17-16(23)20-12-5-3-4-11(10-12)19-15(22)8-9-18-13-6-1-2-7-14(13)21(24)25/h1-7,10,18H,8-9H2,(H,19,22)(H3,17,20,23). The van der Waals surface area contributed by atoms with E-state index >= 15 is 0 Å². The minimum absolute atomic E-state index is 0.0480. The lowest BCUT2D eigenvalue weighted by atomic mass is 10.2. The number of hydrogen-bond acceptors (Lipinski definition) is 5. The molecule has 9 heteroatoms. The predicted molar refractivity (Wildman–Crippen MR) is 94.5 cm³/mol. The van der Waals surface area contributed by atoms with E-state index in [1.807, 2.05) is 0 Å². The van der Waals surface area contributed by atoms with Crippen molar-refractivity contribution >= 4 is 34.7 Å². The lowest BCUT2D eigenvalue weighted by Gasteiger charge is -2.09. The Kier molecular flexibility index (Phi) is 5.88. The summed E-state index contributed by atoms with van der Waals surface area (Å²) >= 11 is 0. The number of nitrogens with zero attached hydrogens (tertiary/aromatic N) is 1. The van der Waals surface area contributed by atoms with Crippen LogP contribution in [0.2, 0.25) is 0 Å². The van der Waals surface area contributed by atoms with E-state index in [0.29, 0.717) is 17.1 Å². The Morgan fingerprint density at radius 2 is 1.72 bits per heavy atom. The molecule has 0 unspecified atom stereocenters. The maximum absolute atomic E-state index is 12.0. The van der Waals surface area contributed by atoms with Gasteiger partial charge in [-0.3, -0.25) is 14.9 Å². The van der Waals surface area contributed by atoms with Crippen molar-refractivity contribution in [3.8, 4) is 0 Å². The first-order valence-corrected chi connectivity index (χ1v) is 7.39. The van der Waals surface area contributed by atoms with Crippen LogP contribution < -0.4 is 21.7 Å². The van der Waals surface area contributed by atoms with Crippen LogP contribution in [0.15, 0.2) is 48.5 Å². The minimum atomic E-state index is -0.697. The van der Waals surface area contributed by atoms with Crippen LogP contribution in [-0.2, 0) is 4.79 Å². The maximum atomic E-state index is 12.0. The molecule has 0 aromatic heterocycles. The van der Waals surface area contributed by atoms with Gasteiger partial charge in [-0.25, -0.2) is 4.79 Å². The summed E-state index contributed by atoms with van der Waals surface area (Å²) < 4.78 is 0. The summed E-state index contributed by atoms with van der Waals surface area (Å²) in [5.41, 5.74) is 6.31. The molecule has 0 bridgehead atoms. The third-order valence-electron chi connectivity index (χ3n) is 3.18. The molecule has 5 N–H and O–H groups in total. The van der Waals surface area contributed by atoms with E-state index in [2.05, 4.69) is 16.0 Å². The first-order chi connectivity index (χ1) is 12.0. The smallest absolute Gasteiger partial charge is 0.316 e. The zero-order chi connectivity index (χ0) is 18.2. The molecule has 2 rings (SSSR count). The van der Waals surface area contributed by atoms with Crippen molar-refractivity contribution in [2.24, 2.45) is 5.73 Å². The average molecular weight is 343 g/mol. The van der Waals surface area contributed by atoms with Crippen molar-refractivity contribution in [3.05, 3.63) is 58.6 Å². The van der Waals surface area contributed by atoms with E-state index < -0.39 is 11.0 Å². The molecular weight excluding hydrogens is 326 g/mol. The highest BCUT2D eigenvalue weighted by molar-refractivity contribution is 5.93. The van der Waals surface area contributed by atoms with Crippen LogP contribution in [0.3, 0.4) is 0 Å². The van der Waals surface area contributed by atoms with Gasteiger partial charge in [-0.05, 0) is 24.3 Å². The number of rotatable bonds is 7. The molecule has 2 aromatic carbocycles. The molecule has 2 aromatic rings. The fraction of sp³-hybridized carbons (Fsp3) is 0.125. The summed E-state index contributed by atoms with van der Waals surface area (Å²) in [5.74, 6) is -0.276. The number of primary amides is 1. The Morgan fingerprint density at radius 3 is 2.40 bits per heavy atom. The van der Waals surface area contributed by atoms with Crippen LogP contribution >= 0.6 is 0 Å². The summed E-state index contributed by atoms with van der Waals surface area (Å²) in [4.78, 5) is 33.2. The molecule has 0 aliphatic heterocycles. The van der Waals surface area contributed by atoms with Crippen LogP contribution in [0.5, 0.6) is 0 Å². The number of benzene rings is 2. The van der Waals surface area contributed by atoms with E-state index in [1.165, 1.54) is 6.07 Å². The fourth-order valence-electron chi connectivity index (χ4n) is 2.13. The van der Waals surface area contributed by atoms with Crippen LogP contribution in [0, 0.1) is 10.1 Å². The van der Waals surface area contributed by atoms with Gasteiger partial charge in [0.25, 0.3) is 5.69 Å². The van der Waals surface area contributed by atoms with Crippen molar-refractivity contribution in [2.45, 2.75) is 6.42 Å². The Balaban J connectivity index is 1.87. The number of amides is 3. The first kappa shape index (κ1) is 17.7. The first-order valence-electron chi connectivity index (χ1n) is 7.39. The third kappa shape index (κ3) is 5.50. The highest BCUT2D eigenvalue weighted by Crippen LogP contribution is 2.23. The maximum Gasteiger partial charge on any atom is 0.316 e. The molecule has 0 radical (unpaired) electrons. The summed E-state index contributed by atoms with van der Waals surface area (Å²) in [6.07, 6.45) is 0.111. The molecule has 0 saturated heterocycles. The highest BCUT2D eigenvalue weighted by Gasteiger charge is 2.12. The van der Waals surface area contributed by atoms with Crippen molar-refractivity contribution < 1.29 is 14.5 Å². The average Bonchev–Trinajstić information content (AvgIpc) is 2.54. The molecule has 0 saturated carbocycles. The Labute approximate surface area is 143 Å². The van der Waals surface area contributed by atoms with Gasteiger partial charge in [0.15, 0.2) is 0 Å². The number of carbonyl (C=O) groups excluding carboxylic acids is 2. The number of nitro groups is 1. The third-order valence-corrected chi connectivity index (χ3v) is 3.18. The van der Waals surface area contributed by atoms with Crippen LogP contribution in [-0.4, -0.2) is 23.4 Å². The number of nitrogens with two attached hydrogens (primary N) is 1. The molecule has 0 aliphatic carbocycles. The molecular formula is C16H17N5O4. The van der Waals surface area contributed by atoms with Gasteiger partial charge in [0.05, 0.1) is 4.92 Å². The molecule has 3 amide bonds. The van der Waals surface area contributed by atoms with Gasteiger partial charge in [0.1, 0.15) is 5.69 Å². The van der Waals surface area contributed by atoms with E-state index in [1.54, 1.807) is 42.5 Å². The molecule has 130 valence electrons. The number of anilines is 3. The molecule has 0 fully saturated rings. The van der Waals surface area contributed by atoms with E-state index in [9.17, 15) is 19.7 Å². The minimum Gasteiger partial charge on any atom is -0.379 e. The zero-order valence-corrected chi connectivity index (χ0v) is 13.2. The number of hydrogen-bond donors (Lipinski definition) is 4. The van der Waals surface area contributed by atoms with Crippen molar-refractivity contribution in [3.63, 3.8) is 0 Å². The molecule has 9 nitrogen and oxygen atoms in total. The summed E-state index contributed by atoms with van der Waals surface area (Å²) in [5, 5.41) is 18.9. The van der Waals surface area contributed by atoms with Gasteiger partial charge in [0.2, 0.25) is 5.91 Å².